The smallest absolute Gasteiger partial charge is 0.299 e. The minimum atomic E-state index is -4.72. The molecule has 0 aromatic rings. The van der Waals surface area contributed by atoms with Crippen molar-refractivity contribution >= 4 is 15.9 Å². The average Bonchev–Trinajstić information content (AvgIpc) is 1.79. The van der Waals surface area contributed by atoms with Crippen LogP contribution in [-0.2, 0) is 19.1 Å². The van der Waals surface area contributed by atoms with Gasteiger partial charge in [0, 0.05) is 0 Å². The topological polar surface area (TPSA) is 60.4 Å². The molecule has 13 heavy (non-hydrogen) atoms. The molecule has 0 spiro atoms. The van der Waals surface area contributed by atoms with Crippen molar-refractivity contribution in [2.24, 2.45) is 0 Å². The lowest BCUT2D eigenvalue weighted by molar-refractivity contribution is -0.152. The maximum atomic E-state index is 11.4. The predicted molar refractivity (Wildman–Crippen MR) is 36.5 cm³/mol. The molecule has 0 unspecified atom stereocenters. The van der Waals surface area contributed by atoms with Crippen molar-refractivity contribution in [3.63, 3.8) is 0 Å². The zero-order valence-electron chi connectivity index (χ0n) is 6.59. The third kappa shape index (κ3) is 7.72. The first-order chi connectivity index (χ1) is 5.62. The van der Waals surface area contributed by atoms with E-state index in [9.17, 15) is 26.4 Å². The van der Waals surface area contributed by atoms with Crippen LogP contribution >= 0.6 is 0 Å². The van der Waals surface area contributed by atoms with E-state index in [1.807, 2.05) is 0 Å². The zero-order chi connectivity index (χ0) is 10.7. The van der Waals surface area contributed by atoms with Crippen molar-refractivity contribution < 1.29 is 30.6 Å². The van der Waals surface area contributed by atoms with Gasteiger partial charge < -0.3 is 0 Å². The van der Waals surface area contributed by atoms with Gasteiger partial charge in [0.2, 0.25) is 0 Å². The molecule has 0 N–H and O–H groups in total. The summed E-state index contributed by atoms with van der Waals surface area (Å²) in [6, 6.07) is 0. The maximum absolute atomic E-state index is 11.4. The van der Waals surface area contributed by atoms with E-state index in [1.54, 1.807) is 0 Å². The summed E-state index contributed by atoms with van der Waals surface area (Å²) in [5.41, 5.74) is 0. The van der Waals surface area contributed by atoms with Crippen LogP contribution < -0.4 is 0 Å². The second-order valence-corrected chi connectivity index (χ2v) is 3.92. The van der Waals surface area contributed by atoms with E-state index < -0.39 is 34.4 Å². The van der Waals surface area contributed by atoms with Crippen LogP contribution in [0.25, 0.3) is 0 Å². The molecule has 0 aliphatic rings. The van der Waals surface area contributed by atoms with Crippen molar-refractivity contribution in [2.75, 3.05) is 12.4 Å². The van der Waals surface area contributed by atoms with Gasteiger partial charge in [0.05, 0.1) is 0 Å². The highest BCUT2D eigenvalue weighted by Gasteiger charge is 2.31. The monoisotopic (exact) mass is 220 g/mol. The molecule has 0 aromatic heterocycles. The number of carbonyl (C=O) groups is 1. The van der Waals surface area contributed by atoms with Gasteiger partial charge in [-0.05, 0) is 6.92 Å². The first kappa shape index (κ1) is 12.4. The van der Waals surface area contributed by atoms with Gasteiger partial charge in [-0.2, -0.15) is 21.6 Å². The van der Waals surface area contributed by atoms with Crippen molar-refractivity contribution in [2.45, 2.75) is 13.1 Å². The second-order valence-electron chi connectivity index (χ2n) is 2.28. The molecule has 0 rings (SSSR count). The highest BCUT2D eigenvalue weighted by Crippen LogP contribution is 2.15. The number of hydrogen-bond acceptors (Lipinski definition) is 4. The molecule has 0 aromatic carbocycles. The highest BCUT2D eigenvalue weighted by atomic mass is 32.2. The van der Waals surface area contributed by atoms with Gasteiger partial charge >= 0.3 is 6.18 Å². The molecule has 0 heterocycles. The predicted octanol–water partition coefficient (Wildman–Crippen LogP) is 0.484. The summed E-state index contributed by atoms with van der Waals surface area (Å²) in [6.45, 7) is -0.961. The fraction of sp³-hybridized carbons (Fsp3) is 0.800. The molecule has 0 aliphatic heterocycles. The summed E-state index contributed by atoms with van der Waals surface area (Å²) in [7, 11) is -4.38. The first-order valence-corrected chi connectivity index (χ1v) is 4.63. The molecule has 78 valence electrons. The molecule has 0 fully saturated rings. The van der Waals surface area contributed by atoms with Gasteiger partial charge in [0.15, 0.2) is 6.61 Å². The van der Waals surface area contributed by atoms with Crippen molar-refractivity contribution in [1.29, 1.82) is 0 Å². The Kier molecular flexibility index (Phi) is 3.86. The third-order valence-electron chi connectivity index (χ3n) is 0.782. The third-order valence-corrected chi connectivity index (χ3v) is 2.02. The fourth-order valence-electron chi connectivity index (χ4n) is 0.447. The van der Waals surface area contributed by atoms with Gasteiger partial charge in [-0.25, -0.2) is 0 Å². The molecule has 0 bridgehead atoms. The quantitative estimate of drug-likeness (QED) is 0.646. The SMILES string of the molecule is CC(=O)CS(=O)(=O)OCC(F)(F)F. The van der Waals surface area contributed by atoms with Crippen LogP contribution in [0.3, 0.4) is 0 Å². The number of Topliss-reactive ketones (excluding diaryl/α,β-unsaturated/α-hetero) is 1. The van der Waals surface area contributed by atoms with Gasteiger partial charge in [0.1, 0.15) is 11.5 Å². The van der Waals surface area contributed by atoms with Crippen LogP contribution in [0, 0.1) is 0 Å². The summed E-state index contributed by atoms with van der Waals surface area (Å²) < 4.78 is 59.0. The summed E-state index contributed by atoms with van der Waals surface area (Å²) >= 11 is 0. The summed E-state index contributed by atoms with van der Waals surface area (Å²) in [5.74, 6) is -1.81. The summed E-state index contributed by atoms with van der Waals surface area (Å²) in [6.07, 6.45) is -4.72. The highest BCUT2D eigenvalue weighted by molar-refractivity contribution is 7.87. The molecular weight excluding hydrogens is 213 g/mol. The number of rotatable bonds is 4. The molecule has 0 atom stereocenters. The Balaban J connectivity index is 4.13. The molecule has 0 saturated heterocycles. The number of alkyl halides is 3. The van der Waals surface area contributed by atoms with Gasteiger partial charge in [-0.3, -0.25) is 8.98 Å². The fourth-order valence-corrected chi connectivity index (χ4v) is 1.34. The Bertz CT molecular complexity index is 279. The normalized spacial score (nSPS) is 12.9. The van der Waals surface area contributed by atoms with Gasteiger partial charge in [-0.15, -0.1) is 0 Å². The number of carbonyl (C=O) groups excluding carboxylic acids is 1. The minimum Gasteiger partial charge on any atom is -0.299 e. The Hall–Kier alpha value is -0.630. The van der Waals surface area contributed by atoms with E-state index in [-0.39, 0.29) is 0 Å². The molecule has 0 radical (unpaired) electrons. The van der Waals surface area contributed by atoms with Crippen molar-refractivity contribution in [3.05, 3.63) is 0 Å². The van der Waals surface area contributed by atoms with Crippen LogP contribution in [0.1, 0.15) is 6.92 Å². The number of halogens is 3. The molecular formula is C5H7F3O4S. The lowest BCUT2D eigenvalue weighted by Gasteiger charge is -2.06. The molecule has 0 saturated carbocycles. The Morgan fingerprint density at radius 1 is 1.38 bits per heavy atom. The summed E-state index contributed by atoms with van der Waals surface area (Å²) in [5, 5.41) is 0. The summed E-state index contributed by atoms with van der Waals surface area (Å²) in [4.78, 5) is 10.2. The van der Waals surface area contributed by atoms with Crippen molar-refractivity contribution in [3.8, 4) is 0 Å². The Morgan fingerprint density at radius 3 is 2.15 bits per heavy atom. The molecule has 0 amide bonds. The molecule has 0 aliphatic carbocycles. The van der Waals surface area contributed by atoms with Crippen molar-refractivity contribution in [1.82, 2.24) is 0 Å². The standard InChI is InChI=1S/C5H7F3O4S/c1-4(9)2-13(10,11)12-3-5(6,7)8/h2-3H2,1H3. The van der Waals surface area contributed by atoms with E-state index >= 15 is 0 Å². The number of ketones is 1. The lowest BCUT2D eigenvalue weighted by Crippen LogP contribution is -2.24. The Labute approximate surface area is 72.8 Å². The Morgan fingerprint density at radius 2 is 1.85 bits per heavy atom. The van der Waals surface area contributed by atoms with Crippen LogP contribution in [0.2, 0.25) is 0 Å². The van der Waals surface area contributed by atoms with E-state index in [4.69, 9.17) is 0 Å². The largest absolute Gasteiger partial charge is 0.413 e. The second kappa shape index (κ2) is 4.05. The van der Waals surface area contributed by atoms with Crippen LogP contribution in [0.15, 0.2) is 0 Å². The van der Waals surface area contributed by atoms with Crippen LogP contribution in [0.4, 0.5) is 13.2 Å². The zero-order valence-corrected chi connectivity index (χ0v) is 7.41. The minimum absolute atomic E-state index is 0.776. The van der Waals surface area contributed by atoms with E-state index in [0.717, 1.165) is 6.92 Å². The first-order valence-electron chi connectivity index (χ1n) is 3.06. The van der Waals surface area contributed by atoms with E-state index in [2.05, 4.69) is 4.18 Å². The average molecular weight is 220 g/mol. The van der Waals surface area contributed by atoms with E-state index in [0.29, 0.717) is 0 Å². The van der Waals surface area contributed by atoms with Crippen LogP contribution in [-0.4, -0.2) is 32.7 Å². The van der Waals surface area contributed by atoms with Gasteiger partial charge in [0.25, 0.3) is 10.1 Å². The molecule has 8 heteroatoms. The van der Waals surface area contributed by atoms with Gasteiger partial charge in [-0.1, -0.05) is 0 Å². The lowest BCUT2D eigenvalue weighted by atomic mass is 10.5. The maximum Gasteiger partial charge on any atom is 0.413 e. The van der Waals surface area contributed by atoms with Crippen LogP contribution in [0.5, 0.6) is 0 Å². The molecule has 4 nitrogen and oxygen atoms in total. The van der Waals surface area contributed by atoms with E-state index in [1.165, 1.54) is 0 Å². The number of hydrogen-bond donors (Lipinski definition) is 0.